The van der Waals surface area contributed by atoms with Gasteiger partial charge in [-0.05, 0) is 63.3 Å². The van der Waals surface area contributed by atoms with Crippen molar-refractivity contribution in [3.8, 4) is 11.3 Å². The molecule has 0 aliphatic carbocycles. The van der Waals surface area contributed by atoms with Crippen molar-refractivity contribution in [3.05, 3.63) is 66.6 Å². The molecule has 0 saturated carbocycles. The number of nitrogens with zero attached hydrogens (tertiary/aromatic N) is 4. The molecule has 0 bridgehead atoms. The van der Waals surface area contributed by atoms with Crippen molar-refractivity contribution >= 4 is 17.7 Å². The van der Waals surface area contributed by atoms with Crippen LogP contribution >= 0.6 is 0 Å². The van der Waals surface area contributed by atoms with E-state index in [1.165, 1.54) is 5.56 Å². The highest BCUT2D eigenvalue weighted by molar-refractivity contribution is 5.68. The third-order valence-electron chi connectivity index (χ3n) is 5.37. The zero-order valence-corrected chi connectivity index (χ0v) is 18.8. The zero-order valence-electron chi connectivity index (χ0n) is 18.8. The van der Waals surface area contributed by atoms with Gasteiger partial charge in [0.15, 0.2) is 0 Å². The van der Waals surface area contributed by atoms with Gasteiger partial charge in [0.1, 0.15) is 17.2 Å². The maximum Gasteiger partial charge on any atom is 0.410 e. The Morgan fingerprint density at radius 1 is 1.06 bits per heavy atom. The number of amides is 1. The molecule has 1 N–H and O–H groups in total. The van der Waals surface area contributed by atoms with Crippen LogP contribution in [0.3, 0.4) is 0 Å². The molecule has 0 unspecified atom stereocenters. The molecule has 4 rings (SSSR count). The lowest BCUT2D eigenvalue weighted by Gasteiger charge is -2.33. The van der Waals surface area contributed by atoms with Crippen LogP contribution in [0, 0.1) is 0 Å². The van der Waals surface area contributed by atoms with Gasteiger partial charge in [-0.2, -0.15) is 0 Å². The van der Waals surface area contributed by atoms with Gasteiger partial charge in [-0.3, -0.25) is 4.98 Å². The largest absolute Gasteiger partial charge is 0.444 e. The number of ether oxygens (including phenoxy) is 1. The number of hydrogen-bond donors (Lipinski definition) is 1. The van der Waals surface area contributed by atoms with E-state index in [-0.39, 0.29) is 6.09 Å². The minimum Gasteiger partial charge on any atom is -0.444 e. The number of piperidine rings is 1. The number of anilines is 2. The number of hydrogen-bond acceptors (Lipinski definition) is 6. The minimum absolute atomic E-state index is 0.221. The zero-order chi connectivity index (χ0) is 22.6. The second-order valence-electron chi connectivity index (χ2n) is 8.99. The minimum atomic E-state index is -0.467. The Balaban J connectivity index is 1.43. The molecule has 2 aromatic heterocycles. The Kier molecular flexibility index (Phi) is 6.35. The molecule has 0 atom stereocenters. The van der Waals surface area contributed by atoms with E-state index in [9.17, 15) is 4.79 Å². The standard InChI is InChI=1S/C25H29N5O2/c1-25(2,3)32-24(31)30-14-10-18(11-15-30)19-6-4-7-20(16-19)21-8-5-9-22(28-21)29-23-17-26-12-13-27-23/h4-9,12-13,16-18H,10-11,14-15H2,1-3H3,(H,27,28,29). The van der Waals surface area contributed by atoms with Crippen molar-refractivity contribution in [1.82, 2.24) is 19.9 Å². The number of carbonyl (C=O) groups excluding carboxylic acids is 1. The van der Waals surface area contributed by atoms with Crippen molar-refractivity contribution < 1.29 is 9.53 Å². The van der Waals surface area contributed by atoms with Crippen LogP contribution in [0.25, 0.3) is 11.3 Å². The monoisotopic (exact) mass is 431 g/mol. The van der Waals surface area contributed by atoms with E-state index in [1.54, 1.807) is 18.6 Å². The Bertz CT molecular complexity index is 1060. The molecule has 1 fully saturated rings. The Morgan fingerprint density at radius 3 is 2.56 bits per heavy atom. The van der Waals surface area contributed by atoms with E-state index >= 15 is 0 Å². The predicted octanol–water partition coefficient (Wildman–Crippen LogP) is 5.40. The van der Waals surface area contributed by atoms with Crippen LogP contribution in [0.1, 0.15) is 45.1 Å². The summed E-state index contributed by atoms with van der Waals surface area (Å²) in [5.41, 5.74) is 2.78. The first-order valence-electron chi connectivity index (χ1n) is 11.0. The van der Waals surface area contributed by atoms with Crippen LogP contribution in [-0.2, 0) is 4.74 Å². The van der Waals surface area contributed by atoms with Crippen LogP contribution in [0.15, 0.2) is 61.1 Å². The summed E-state index contributed by atoms with van der Waals surface area (Å²) in [4.78, 5) is 27.2. The molecule has 0 spiro atoms. The van der Waals surface area contributed by atoms with E-state index in [1.807, 2.05) is 43.9 Å². The summed E-state index contributed by atoms with van der Waals surface area (Å²) in [6.45, 7) is 7.11. The molecule has 1 aliphatic heterocycles. The van der Waals surface area contributed by atoms with Crippen LogP contribution in [0.4, 0.5) is 16.4 Å². The maximum absolute atomic E-state index is 12.3. The molecule has 1 saturated heterocycles. The molecule has 7 nitrogen and oxygen atoms in total. The van der Waals surface area contributed by atoms with Crippen LogP contribution < -0.4 is 5.32 Å². The first-order chi connectivity index (χ1) is 15.4. The molecular formula is C25H29N5O2. The molecule has 166 valence electrons. The van der Waals surface area contributed by atoms with Gasteiger partial charge < -0.3 is 15.0 Å². The quantitative estimate of drug-likeness (QED) is 0.596. The van der Waals surface area contributed by atoms with Crippen LogP contribution in [0.2, 0.25) is 0 Å². The molecule has 1 aliphatic rings. The first-order valence-corrected chi connectivity index (χ1v) is 11.0. The van der Waals surface area contributed by atoms with E-state index in [0.29, 0.717) is 24.8 Å². The van der Waals surface area contributed by atoms with E-state index in [2.05, 4.69) is 39.6 Å². The number of nitrogens with one attached hydrogen (secondary N) is 1. The van der Waals surface area contributed by atoms with Crippen molar-refractivity contribution in [2.45, 2.75) is 45.1 Å². The number of aromatic nitrogens is 3. The lowest BCUT2D eigenvalue weighted by molar-refractivity contribution is 0.0205. The molecule has 1 aromatic carbocycles. The van der Waals surface area contributed by atoms with Crippen molar-refractivity contribution in [1.29, 1.82) is 0 Å². The summed E-state index contributed by atoms with van der Waals surface area (Å²) >= 11 is 0. The lowest BCUT2D eigenvalue weighted by Crippen LogP contribution is -2.41. The molecule has 3 aromatic rings. The van der Waals surface area contributed by atoms with Gasteiger partial charge in [0, 0.05) is 31.0 Å². The molecule has 0 radical (unpaired) electrons. The Morgan fingerprint density at radius 2 is 1.84 bits per heavy atom. The Labute approximate surface area is 188 Å². The number of pyridine rings is 1. The van der Waals surface area contributed by atoms with Gasteiger partial charge in [-0.1, -0.05) is 24.3 Å². The predicted molar refractivity (Wildman–Crippen MR) is 125 cm³/mol. The summed E-state index contributed by atoms with van der Waals surface area (Å²) < 4.78 is 5.51. The van der Waals surface area contributed by atoms with Gasteiger partial charge in [0.25, 0.3) is 0 Å². The van der Waals surface area contributed by atoms with Gasteiger partial charge in [-0.25, -0.2) is 14.8 Å². The third kappa shape index (κ3) is 5.60. The molecule has 3 heterocycles. The molecular weight excluding hydrogens is 402 g/mol. The smallest absolute Gasteiger partial charge is 0.410 e. The summed E-state index contributed by atoms with van der Waals surface area (Å²) in [5, 5.41) is 3.19. The summed E-state index contributed by atoms with van der Waals surface area (Å²) in [7, 11) is 0. The fourth-order valence-electron chi connectivity index (χ4n) is 3.83. The second-order valence-corrected chi connectivity index (χ2v) is 8.99. The lowest BCUT2D eigenvalue weighted by atomic mass is 9.88. The number of carbonyl (C=O) groups is 1. The fraction of sp³-hybridized carbons (Fsp3) is 0.360. The van der Waals surface area contributed by atoms with E-state index in [0.717, 1.165) is 29.9 Å². The summed E-state index contributed by atoms with van der Waals surface area (Å²) in [6, 6.07) is 14.4. The third-order valence-corrected chi connectivity index (χ3v) is 5.37. The highest BCUT2D eigenvalue weighted by Gasteiger charge is 2.27. The van der Waals surface area contributed by atoms with Crippen molar-refractivity contribution in [2.24, 2.45) is 0 Å². The average molecular weight is 432 g/mol. The highest BCUT2D eigenvalue weighted by atomic mass is 16.6. The topological polar surface area (TPSA) is 80.2 Å². The highest BCUT2D eigenvalue weighted by Crippen LogP contribution is 2.31. The van der Waals surface area contributed by atoms with Crippen LogP contribution in [0.5, 0.6) is 0 Å². The SMILES string of the molecule is CC(C)(C)OC(=O)N1CCC(c2cccc(-c3cccc(Nc4cnccn4)n3)c2)CC1. The van der Waals surface area contributed by atoms with Gasteiger partial charge in [0.05, 0.1) is 11.9 Å². The molecule has 1 amide bonds. The summed E-state index contributed by atoms with van der Waals surface area (Å²) in [5.74, 6) is 1.79. The molecule has 32 heavy (non-hydrogen) atoms. The maximum atomic E-state index is 12.3. The van der Waals surface area contributed by atoms with E-state index < -0.39 is 5.60 Å². The number of benzene rings is 1. The Hall–Kier alpha value is -3.48. The van der Waals surface area contributed by atoms with Gasteiger partial charge in [0.2, 0.25) is 0 Å². The first kappa shape index (κ1) is 21.7. The normalized spacial score (nSPS) is 14.8. The van der Waals surface area contributed by atoms with E-state index in [4.69, 9.17) is 9.72 Å². The number of rotatable bonds is 4. The summed E-state index contributed by atoms with van der Waals surface area (Å²) in [6.07, 6.45) is 6.57. The van der Waals surface area contributed by atoms with Crippen LogP contribution in [-0.4, -0.2) is 44.6 Å². The van der Waals surface area contributed by atoms with Crippen molar-refractivity contribution in [2.75, 3.05) is 18.4 Å². The average Bonchev–Trinajstić information content (AvgIpc) is 2.79. The van der Waals surface area contributed by atoms with Gasteiger partial charge >= 0.3 is 6.09 Å². The second kappa shape index (κ2) is 9.34. The van der Waals surface area contributed by atoms with Gasteiger partial charge in [-0.15, -0.1) is 0 Å². The van der Waals surface area contributed by atoms with Crippen molar-refractivity contribution in [3.63, 3.8) is 0 Å². The fourth-order valence-corrected chi connectivity index (χ4v) is 3.83. The molecule has 7 heteroatoms. The number of likely N-dealkylation sites (tertiary alicyclic amines) is 1.